The van der Waals surface area contributed by atoms with Gasteiger partial charge < -0.3 is 4.57 Å². The van der Waals surface area contributed by atoms with Crippen molar-refractivity contribution in [3.63, 3.8) is 0 Å². The Morgan fingerprint density at radius 3 is 3.00 bits per heavy atom. The number of alkyl halides is 1. The number of hydrogen-bond donors (Lipinski definition) is 0. The number of aryl methyl sites for hydroxylation is 1. The molecule has 1 unspecified atom stereocenters. The minimum atomic E-state index is 0.443. The largest absolute Gasteiger partial charge is 0.309 e. The highest BCUT2D eigenvalue weighted by Crippen LogP contribution is 2.24. The third-order valence-corrected chi connectivity index (χ3v) is 3.94. The second-order valence-electron chi connectivity index (χ2n) is 4.20. The summed E-state index contributed by atoms with van der Waals surface area (Å²) in [6.45, 7) is 2.21. The highest BCUT2D eigenvalue weighted by atomic mass is 35.5. The lowest BCUT2D eigenvalue weighted by Gasteiger charge is -2.18. The van der Waals surface area contributed by atoms with Crippen LogP contribution in [0.3, 0.4) is 0 Å². The molecule has 0 bridgehead atoms. The normalized spacial score (nSPS) is 13.1. The smallest absolute Gasteiger partial charge is 0.160 e. The Labute approximate surface area is 117 Å². The Kier molecular flexibility index (Phi) is 4.89. The van der Waals surface area contributed by atoms with E-state index in [9.17, 15) is 0 Å². The van der Waals surface area contributed by atoms with E-state index in [4.69, 9.17) is 11.6 Å². The molecule has 0 N–H and O–H groups in total. The van der Waals surface area contributed by atoms with Crippen molar-refractivity contribution >= 4 is 34.5 Å². The maximum atomic E-state index is 5.88. The van der Waals surface area contributed by atoms with Gasteiger partial charge in [0.05, 0.1) is 0 Å². The molecule has 98 valence electrons. The van der Waals surface area contributed by atoms with Crippen molar-refractivity contribution in [3.05, 3.63) is 24.2 Å². The van der Waals surface area contributed by atoms with Crippen molar-refractivity contribution in [3.8, 4) is 0 Å². The van der Waals surface area contributed by atoms with Crippen LogP contribution >= 0.6 is 23.4 Å². The summed E-state index contributed by atoms with van der Waals surface area (Å²) in [5, 5.41) is 0. The molecule has 0 saturated heterocycles. The Bertz CT molecular complexity index is 512. The van der Waals surface area contributed by atoms with Crippen LogP contribution in [0.4, 0.5) is 0 Å². The number of hydrogen-bond acceptors (Lipinski definition) is 3. The van der Waals surface area contributed by atoms with Crippen LogP contribution in [0, 0.1) is 0 Å². The molecule has 2 aromatic heterocycles. The Morgan fingerprint density at radius 1 is 1.50 bits per heavy atom. The van der Waals surface area contributed by atoms with E-state index in [1.165, 1.54) is 0 Å². The molecular formula is C13H18ClN3S. The van der Waals surface area contributed by atoms with Crippen molar-refractivity contribution in [2.75, 3.05) is 17.9 Å². The van der Waals surface area contributed by atoms with Gasteiger partial charge in [0, 0.05) is 30.3 Å². The quantitative estimate of drug-likeness (QED) is 0.760. The average molecular weight is 284 g/mol. The molecule has 0 saturated carbocycles. The molecule has 0 amide bonds. The second kappa shape index (κ2) is 6.43. The zero-order valence-corrected chi connectivity index (χ0v) is 12.3. The fraction of sp³-hybridized carbons (Fsp3) is 0.538. The Hall–Kier alpha value is -0.740. The first kappa shape index (κ1) is 13.7. The first-order valence-electron chi connectivity index (χ1n) is 6.18. The Morgan fingerprint density at radius 2 is 2.33 bits per heavy atom. The number of imidazole rings is 1. The first-order chi connectivity index (χ1) is 8.81. The van der Waals surface area contributed by atoms with Crippen LogP contribution in [0.1, 0.15) is 25.2 Å². The predicted octanol–water partition coefficient (Wildman–Crippen LogP) is 3.53. The van der Waals surface area contributed by atoms with Gasteiger partial charge in [0.2, 0.25) is 0 Å². The molecule has 2 rings (SSSR count). The maximum Gasteiger partial charge on any atom is 0.160 e. The summed E-state index contributed by atoms with van der Waals surface area (Å²) in [6.07, 6.45) is 5.84. The van der Waals surface area contributed by atoms with Crippen molar-refractivity contribution in [1.29, 1.82) is 0 Å². The van der Waals surface area contributed by atoms with Gasteiger partial charge in [-0.1, -0.05) is 6.92 Å². The molecule has 0 aliphatic heterocycles. The molecule has 3 nitrogen and oxygen atoms in total. The van der Waals surface area contributed by atoms with E-state index in [0.29, 0.717) is 11.9 Å². The number of fused-ring (bicyclic) bond motifs is 1. The molecule has 18 heavy (non-hydrogen) atoms. The lowest BCUT2D eigenvalue weighted by molar-refractivity contribution is 0.530. The first-order valence-corrected chi connectivity index (χ1v) is 8.11. The monoisotopic (exact) mass is 283 g/mol. The van der Waals surface area contributed by atoms with Crippen molar-refractivity contribution in [1.82, 2.24) is 14.5 Å². The van der Waals surface area contributed by atoms with E-state index in [1.807, 2.05) is 30.1 Å². The van der Waals surface area contributed by atoms with Gasteiger partial charge in [0.15, 0.2) is 5.65 Å². The van der Waals surface area contributed by atoms with Gasteiger partial charge >= 0.3 is 0 Å². The maximum absolute atomic E-state index is 5.88. The highest BCUT2D eigenvalue weighted by molar-refractivity contribution is 7.98. The van der Waals surface area contributed by atoms with Gasteiger partial charge in [0.25, 0.3) is 0 Å². The van der Waals surface area contributed by atoms with Gasteiger partial charge in [0.1, 0.15) is 11.3 Å². The summed E-state index contributed by atoms with van der Waals surface area (Å²) in [6, 6.07) is 4.39. The summed E-state index contributed by atoms with van der Waals surface area (Å²) in [7, 11) is 0. The van der Waals surface area contributed by atoms with Gasteiger partial charge in [-0.05, 0) is 24.8 Å². The fourth-order valence-electron chi connectivity index (χ4n) is 2.19. The summed E-state index contributed by atoms with van der Waals surface area (Å²) >= 11 is 7.74. The summed E-state index contributed by atoms with van der Waals surface area (Å²) in [5.74, 6) is 2.73. The molecule has 5 heteroatoms. The van der Waals surface area contributed by atoms with Gasteiger partial charge in [-0.2, -0.15) is 11.8 Å². The fourth-order valence-corrected chi connectivity index (χ4v) is 3.13. The van der Waals surface area contributed by atoms with Crippen LogP contribution in [-0.2, 0) is 6.42 Å². The average Bonchev–Trinajstić information content (AvgIpc) is 2.74. The number of nitrogens with zero attached hydrogens (tertiary/aromatic N) is 3. The van der Waals surface area contributed by atoms with E-state index < -0.39 is 0 Å². The van der Waals surface area contributed by atoms with E-state index >= 15 is 0 Å². The third-order valence-electron chi connectivity index (χ3n) is 3.04. The van der Waals surface area contributed by atoms with Crippen LogP contribution < -0.4 is 0 Å². The van der Waals surface area contributed by atoms with Crippen molar-refractivity contribution in [2.45, 2.75) is 25.8 Å². The summed E-state index contributed by atoms with van der Waals surface area (Å²) in [4.78, 5) is 9.14. The standard InChI is InChI=1S/C13H18ClN3S/c1-3-10(9-18-2)17-12(6-7-14)16-11-5-4-8-15-13(11)17/h4-5,8,10H,3,6-7,9H2,1-2H3. The minimum absolute atomic E-state index is 0.443. The van der Waals surface area contributed by atoms with Gasteiger partial charge in [-0.3, -0.25) is 0 Å². The lowest BCUT2D eigenvalue weighted by Crippen LogP contribution is -2.15. The molecular weight excluding hydrogens is 266 g/mol. The molecule has 0 spiro atoms. The predicted molar refractivity (Wildman–Crippen MR) is 79.7 cm³/mol. The number of thioether (sulfide) groups is 1. The molecule has 0 aliphatic rings. The zero-order chi connectivity index (χ0) is 13.0. The molecule has 0 aromatic carbocycles. The molecule has 2 aromatic rings. The molecule has 0 radical (unpaired) electrons. The highest BCUT2D eigenvalue weighted by Gasteiger charge is 2.17. The number of aromatic nitrogens is 3. The molecule has 2 heterocycles. The number of rotatable bonds is 6. The van der Waals surface area contributed by atoms with Crippen molar-refractivity contribution in [2.24, 2.45) is 0 Å². The van der Waals surface area contributed by atoms with E-state index in [-0.39, 0.29) is 0 Å². The minimum Gasteiger partial charge on any atom is -0.309 e. The molecule has 0 fully saturated rings. The van der Waals surface area contributed by atoms with Crippen LogP contribution in [0.25, 0.3) is 11.2 Å². The summed E-state index contributed by atoms with van der Waals surface area (Å²) < 4.78 is 2.27. The van der Waals surface area contributed by atoms with Gasteiger partial charge in [-0.15, -0.1) is 11.6 Å². The molecule has 0 aliphatic carbocycles. The SMILES string of the molecule is CCC(CSC)n1c(CCCl)nc2cccnc21. The van der Waals surface area contributed by atoms with Crippen LogP contribution in [0.2, 0.25) is 0 Å². The van der Waals surface area contributed by atoms with Crippen LogP contribution in [-0.4, -0.2) is 32.4 Å². The van der Waals surface area contributed by atoms with Crippen molar-refractivity contribution < 1.29 is 0 Å². The lowest BCUT2D eigenvalue weighted by atomic mass is 10.2. The second-order valence-corrected chi connectivity index (χ2v) is 5.49. The zero-order valence-electron chi connectivity index (χ0n) is 10.8. The third kappa shape index (κ3) is 2.64. The van der Waals surface area contributed by atoms with E-state index in [1.54, 1.807) is 0 Å². The number of pyridine rings is 1. The van der Waals surface area contributed by atoms with E-state index in [2.05, 4.69) is 27.7 Å². The van der Waals surface area contributed by atoms with Crippen LogP contribution in [0.15, 0.2) is 18.3 Å². The summed E-state index contributed by atoms with van der Waals surface area (Å²) in [5.41, 5.74) is 1.95. The Balaban J connectivity index is 2.52. The topological polar surface area (TPSA) is 30.7 Å². The van der Waals surface area contributed by atoms with E-state index in [0.717, 1.165) is 35.6 Å². The molecule has 1 atom stereocenters. The number of halogens is 1. The van der Waals surface area contributed by atoms with Gasteiger partial charge in [-0.25, -0.2) is 9.97 Å². The van der Waals surface area contributed by atoms with Crippen LogP contribution in [0.5, 0.6) is 0 Å².